The van der Waals surface area contributed by atoms with E-state index in [2.05, 4.69) is 53.2 Å². The molecule has 0 unspecified atom stereocenters. The monoisotopic (exact) mass is 889 g/mol. The summed E-state index contributed by atoms with van der Waals surface area (Å²) in [5, 5.41) is 4.94. The van der Waals surface area contributed by atoms with Gasteiger partial charge in [0.05, 0.1) is 44.4 Å². The number of carbonyl (C=O) groups excluding carboxylic acids is 2. The smallest absolute Gasteiger partial charge is 0.286 e. The van der Waals surface area contributed by atoms with Crippen molar-refractivity contribution in [1.29, 1.82) is 0 Å². The van der Waals surface area contributed by atoms with Gasteiger partial charge in [-0.2, -0.15) is 0 Å². The van der Waals surface area contributed by atoms with Crippen molar-refractivity contribution in [1.82, 2.24) is 24.3 Å². The maximum absolute atomic E-state index is 15.0. The molecule has 1 saturated carbocycles. The van der Waals surface area contributed by atoms with Crippen LogP contribution in [0.1, 0.15) is 70.9 Å². The fourth-order valence-corrected chi connectivity index (χ4v) is 12.9. The van der Waals surface area contributed by atoms with Crippen LogP contribution in [0.5, 0.6) is 11.6 Å². The molecule has 6 aliphatic rings. The number of hydrogen-bond donors (Lipinski definition) is 1. The third-order valence-electron chi connectivity index (χ3n) is 14.3. The van der Waals surface area contributed by atoms with E-state index in [9.17, 15) is 13.8 Å². The highest BCUT2D eigenvalue weighted by Crippen LogP contribution is 2.49. The van der Waals surface area contributed by atoms with Crippen molar-refractivity contribution in [2.45, 2.75) is 62.5 Å². The number of methoxy groups -OCH3 is 2. The molecule has 3 aromatic rings. The number of aryl methyl sites for hydroxylation is 2. The molecule has 2 amide bonds. The molecule has 14 nitrogen and oxygen atoms in total. The lowest BCUT2D eigenvalue weighted by atomic mass is 9.63. The second kappa shape index (κ2) is 17.5. The molecule has 62 heavy (non-hydrogen) atoms. The number of halogens is 1. The Labute approximate surface area is 370 Å². The van der Waals surface area contributed by atoms with Gasteiger partial charge in [0.25, 0.3) is 11.8 Å². The predicted molar refractivity (Wildman–Crippen MR) is 239 cm³/mol. The fourth-order valence-electron chi connectivity index (χ4n) is 10.8. The van der Waals surface area contributed by atoms with Crippen molar-refractivity contribution >= 4 is 39.0 Å². The second-order valence-electron chi connectivity index (χ2n) is 18.5. The van der Waals surface area contributed by atoms with Crippen LogP contribution in [0.15, 0.2) is 59.1 Å². The van der Waals surface area contributed by atoms with E-state index in [1.807, 2.05) is 32.2 Å². The molecule has 4 aliphatic heterocycles. The lowest BCUT2D eigenvalue weighted by Gasteiger charge is -2.52. The molecule has 334 valence electrons. The topological polar surface area (TPSA) is 140 Å². The minimum atomic E-state index is -3.66. The number of amides is 2. The SMILES string of the molecule is COc1nn(C)cc1C(=O)N[S@@]1(=O)=NC(=O)c2ccc3c(c2)N(C[C@@H]2CC[C@H]2[C@@](CN2CCN(C4COC4)CC2)(OC)/C=C/C[C@H](C)C1)C[C@@]1(CCCc2cc(Cl)ccc21)CO3. The summed E-state index contributed by atoms with van der Waals surface area (Å²) in [6, 6.07) is 12.2. The highest BCUT2D eigenvalue weighted by atomic mass is 35.5. The maximum Gasteiger partial charge on any atom is 0.286 e. The van der Waals surface area contributed by atoms with Crippen molar-refractivity contribution in [3.05, 3.63) is 82.0 Å². The van der Waals surface area contributed by atoms with E-state index >= 15 is 0 Å². The van der Waals surface area contributed by atoms with E-state index in [1.165, 1.54) is 29.1 Å². The van der Waals surface area contributed by atoms with Crippen LogP contribution >= 0.6 is 11.6 Å². The average molecular weight is 891 g/mol. The van der Waals surface area contributed by atoms with Crippen LogP contribution in [0.25, 0.3) is 0 Å². The Morgan fingerprint density at radius 2 is 1.92 bits per heavy atom. The van der Waals surface area contributed by atoms with Gasteiger partial charge < -0.3 is 23.8 Å². The zero-order valence-electron chi connectivity index (χ0n) is 36.4. The Hall–Kier alpha value is -3.99. The fraction of sp³-hybridized carbons (Fsp3) is 0.587. The summed E-state index contributed by atoms with van der Waals surface area (Å²) in [5.74, 6) is -0.334. The molecule has 16 heteroatoms. The van der Waals surface area contributed by atoms with Gasteiger partial charge in [0.1, 0.15) is 26.8 Å². The quantitative estimate of drug-likeness (QED) is 0.300. The molecule has 3 fully saturated rings. The van der Waals surface area contributed by atoms with Crippen LogP contribution in [-0.4, -0.2) is 133 Å². The van der Waals surface area contributed by atoms with Crippen molar-refractivity contribution in [2.75, 3.05) is 90.5 Å². The maximum atomic E-state index is 15.0. The van der Waals surface area contributed by atoms with Crippen molar-refractivity contribution < 1.29 is 32.7 Å². The Morgan fingerprint density at radius 1 is 1.10 bits per heavy atom. The lowest BCUT2D eigenvalue weighted by Crippen LogP contribution is -2.61. The minimum Gasteiger partial charge on any atom is -0.490 e. The van der Waals surface area contributed by atoms with Gasteiger partial charge in [0.2, 0.25) is 5.88 Å². The molecule has 1 N–H and O–H groups in total. The zero-order valence-corrected chi connectivity index (χ0v) is 37.9. The summed E-state index contributed by atoms with van der Waals surface area (Å²) in [5.41, 5.74) is 2.81. The number of fused-ring (bicyclic) bond motifs is 4. The molecule has 5 heterocycles. The van der Waals surface area contributed by atoms with Gasteiger partial charge in [-0.05, 0) is 97.7 Å². The molecule has 2 saturated heterocycles. The molecule has 2 aromatic carbocycles. The molecule has 1 aromatic heterocycles. The zero-order chi connectivity index (χ0) is 43.2. The van der Waals surface area contributed by atoms with Crippen LogP contribution in [-0.2, 0) is 38.3 Å². The van der Waals surface area contributed by atoms with Crippen LogP contribution in [0.2, 0.25) is 5.02 Å². The van der Waals surface area contributed by atoms with Crippen LogP contribution < -0.4 is 19.1 Å². The molecule has 1 spiro atoms. The summed E-state index contributed by atoms with van der Waals surface area (Å²) in [6.45, 7) is 10.2. The highest BCUT2D eigenvalue weighted by Gasteiger charge is 2.50. The second-order valence-corrected chi connectivity index (χ2v) is 20.9. The van der Waals surface area contributed by atoms with Gasteiger partial charge in [-0.3, -0.25) is 28.8 Å². The van der Waals surface area contributed by atoms with E-state index in [1.54, 1.807) is 13.1 Å². The molecular weight excluding hydrogens is 830 g/mol. The van der Waals surface area contributed by atoms with E-state index in [4.69, 9.17) is 30.5 Å². The molecule has 2 bridgehead atoms. The average Bonchev–Trinajstić information content (AvgIpc) is 3.54. The van der Waals surface area contributed by atoms with Crippen molar-refractivity contribution in [2.24, 2.45) is 29.2 Å². The molecule has 9 rings (SSSR count). The summed E-state index contributed by atoms with van der Waals surface area (Å²) in [4.78, 5) is 35.6. The van der Waals surface area contributed by atoms with Gasteiger partial charge in [0, 0.05) is 82.2 Å². The molecule has 0 radical (unpaired) electrons. The Kier molecular flexibility index (Phi) is 12.2. The summed E-state index contributed by atoms with van der Waals surface area (Å²) >= 11 is 6.56. The molecular formula is C46H60ClN7O7S. The lowest BCUT2D eigenvalue weighted by molar-refractivity contribution is -0.107. The number of nitrogens with zero attached hydrogens (tertiary/aromatic N) is 6. The third-order valence-corrected chi connectivity index (χ3v) is 16.6. The predicted octanol–water partition coefficient (Wildman–Crippen LogP) is 5.53. The van der Waals surface area contributed by atoms with E-state index in [0.717, 1.165) is 95.3 Å². The highest BCUT2D eigenvalue weighted by molar-refractivity contribution is 7.92. The Bertz CT molecular complexity index is 2340. The summed E-state index contributed by atoms with van der Waals surface area (Å²) in [7, 11) is 1.27. The molecule has 2 aliphatic carbocycles. The first kappa shape index (κ1) is 43.3. The van der Waals surface area contributed by atoms with Crippen LogP contribution in [0.4, 0.5) is 5.69 Å². The number of aromatic nitrogens is 2. The van der Waals surface area contributed by atoms with Crippen molar-refractivity contribution in [3.63, 3.8) is 0 Å². The normalized spacial score (nSPS) is 31.3. The van der Waals surface area contributed by atoms with Crippen LogP contribution in [0.3, 0.4) is 0 Å². The van der Waals surface area contributed by atoms with Crippen molar-refractivity contribution in [3.8, 4) is 11.6 Å². The number of nitrogens with one attached hydrogen (secondary N) is 1. The van der Waals surface area contributed by atoms with E-state index in [-0.39, 0.29) is 40.0 Å². The number of carbonyl (C=O) groups is 2. The first-order valence-electron chi connectivity index (χ1n) is 22.2. The van der Waals surface area contributed by atoms with Crippen LogP contribution in [0, 0.1) is 17.8 Å². The van der Waals surface area contributed by atoms with Gasteiger partial charge in [-0.15, -0.1) is 9.46 Å². The number of benzene rings is 2. The number of rotatable bonds is 7. The van der Waals surface area contributed by atoms with E-state index in [0.29, 0.717) is 37.3 Å². The van der Waals surface area contributed by atoms with Gasteiger partial charge >= 0.3 is 0 Å². The van der Waals surface area contributed by atoms with Gasteiger partial charge in [0.15, 0.2) is 0 Å². The minimum absolute atomic E-state index is 0.0532. The van der Waals surface area contributed by atoms with Gasteiger partial charge in [-0.1, -0.05) is 36.7 Å². The first-order valence-corrected chi connectivity index (χ1v) is 24.2. The summed E-state index contributed by atoms with van der Waals surface area (Å²) in [6.07, 6.45) is 11.5. The largest absolute Gasteiger partial charge is 0.490 e. The Balaban J connectivity index is 1.11. The van der Waals surface area contributed by atoms with E-state index < -0.39 is 27.3 Å². The number of hydrogen-bond acceptors (Lipinski definition) is 11. The van der Waals surface area contributed by atoms with Gasteiger partial charge in [-0.25, -0.2) is 4.21 Å². The number of piperazine rings is 1. The number of ether oxygens (including phenoxy) is 4. The Morgan fingerprint density at radius 3 is 2.65 bits per heavy atom. The molecule has 6 atom stereocenters. The number of anilines is 1. The standard InChI is InChI=1S/C46H60ClN7O7S/c1-31-7-5-16-46(59-4,29-52-17-19-53(20-18-52)36-25-60-26-36)39-12-9-34(39)23-54-28-45(15-6-8-32-21-35(47)11-13-38(32)45)30-61-41-14-10-33(22-40(41)54)42(55)49-62(57,27-31)50-43(56)37-24-51(2)48-44(37)58-3/h5,10-11,13-14,16,21-22,24,31,34,36,39H,6-9,12,15,17-20,23,25-30H2,1-4H3,(H,49,50,55,56,57)/b16-5+/t31-,34-,39+,45-,46+,62-/m0/s1. The number of allylic oxidation sites excluding steroid dienone is 1. The first-order chi connectivity index (χ1) is 29.9. The summed E-state index contributed by atoms with van der Waals surface area (Å²) < 4.78 is 47.9. The third kappa shape index (κ3) is 8.52.